The van der Waals surface area contributed by atoms with Gasteiger partial charge in [0.05, 0.1) is 12.2 Å². The van der Waals surface area contributed by atoms with Crippen LogP contribution in [0, 0.1) is 0 Å². The van der Waals surface area contributed by atoms with Crippen LogP contribution >= 0.6 is 0 Å². The molecule has 0 aromatic rings. The van der Waals surface area contributed by atoms with Crippen molar-refractivity contribution in [3.63, 3.8) is 0 Å². The van der Waals surface area contributed by atoms with Gasteiger partial charge in [0.15, 0.2) is 4.93 Å². The lowest BCUT2D eigenvalue weighted by Gasteiger charge is -2.39. The van der Waals surface area contributed by atoms with Crippen molar-refractivity contribution >= 4 is 10.1 Å². The van der Waals surface area contributed by atoms with Crippen molar-refractivity contribution < 1.29 is 22.8 Å². The molecule has 1 unspecified atom stereocenters. The molecular formula is C7H14O5S. The zero-order chi connectivity index (χ0) is 10.3. The van der Waals surface area contributed by atoms with Gasteiger partial charge in [-0.3, -0.25) is 4.55 Å². The van der Waals surface area contributed by atoms with E-state index in [1.165, 1.54) is 0 Å². The highest BCUT2D eigenvalue weighted by Gasteiger charge is 2.48. The molecule has 0 aliphatic carbocycles. The Balaban J connectivity index is 2.94. The number of aliphatic hydroxyl groups is 1. The predicted octanol–water partition coefficient (Wildman–Crippen LogP) is 0.152. The lowest BCUT2D eigenvalue weighted by atomic mass is 9.95. The second-order valence-electron chi connectivity index (χ2n) is 3.96. The van der Waals surface area contributed by atoms with Crippen LogP contribution in [0.1, 0.15) is 26.7 Å². The van der Waals surface area contributed by atoms with E-state index in [2.05, 4.69) is 0 Å². The first kappa shape index (κ1) is 10.9. The van der Waals surface area contributed by atoms with E-state index in [0.29, 0.717) is 0 Å². The highest BCUT2D eigenvalue weighted by Crippen LogP contribution is 2.34. The zero-order valence-corrected chi connectivity index (χ0v) is 8.47. The van der Waals surface area contributed by atoms with E-state index >= 15 is 0 Å². The quantitative estimate of drug-likeness (QED) is 0.602. The molecular weight excluding hydrogens is 196 g/mol. The highest BCUT2D eigenvalue weighted by molar-refractivity contribution is 7.87. The molecule has 1 atom stereocenters. The van der Waals surface area contributed by atoms with Crippen LogP contribution in [0.2, 0.25) is 0 Å². The third kappa shape index (κ3) is 2.19. The van der Waals surface area contributed by atoms with Gasteiger partial charge in [0, 0.05) is 12.8 Å². The minimum atomic E-state index is -4.42. The summed E-state index contributed by atoms with van der Waals surface area (Å²) in [5.74, 6) is 0. The van der Waals surface area contributed by atoms with Gasteiger partial charge >= 0.3 is 0 Å². The van der Waals surface area contributed by atoms with E-state index in [4.69, 9.17) is 9.29 Å². The first-order chi connectivity index (χ1) is 5.66. The summed E-state index contributed by atoms with van der Waals surface area (Å²) >= 11 is 0. The van der Waals surface area contributed by atoms with Crippen LogP contribution in [-0.2, 0) is 14.9 Å². The minimum absolute atomic E-state index is 0.0880. The van der Waals surface area contributed by atoms with Gasteiger partial charge in [-0.25, -0.2) is 0 Å². The van der Waals surface area contributed by atoms with Crippen LogP contribution in [0.3, 0.4) is 0 Å². The van der Waals surface area contributed by atoms with Gasteiger partial charge in [-0.05, 0) is 13.8 Å². The Morgan fingerprint density at radius 2 is 1.92 bits per heavy atom. The molecule has 0 aromatic heterocycles. The van der Waals surface area contributed by atoms with E-state index < -0.39 is 20.7 Å². The first-order valence-corrected chi connectivity index (χ1v) is 5.44. The lowest BCUT2D eigenvalue weighted by molar-refractivity contribution is -0.114. The van der Waals surface area contributed by atoms with E-state index in [-0.39, 0.29) is 19.4 Å². The summed E-state index contributed by atoms with van der Waals surface area (Å²) in [5, 5.41) is 9.63. The molecule has 0 aromatic carbocycles. The molecule has 0 saturated carbocycles. The maximum atomic E-state index is 10.8. The Morgan fingerprint density at radius 1 is 1.38 bits per heavy atom. The minimum Gasteiger partial charge on any atom is -0.375 e. The van der Waals surface area contributed by atoms with Crippen LogP contribution in [0.4, 0.5) is 0 Å². The number of ether oxygens (including phenoxy) is 1. The van der Waals surface area contributed by atoms with E-state index in [1.54, 1.807) is 13.8 Å². The molecule has 0 bridgehead atoms. The van der Waals surface area contributed by atoms with Gasteiger partial charge < -0.3 is 9.84 Å². The molecule has 2 N–H and O–H groups in total. The topological polar surface area (TPSA) is 83.8 Å². The average molecular weight is 210 g/mol. The molecule has 1 saturated heterocycles. The largest absolute Gasteiger partial charge is 0.375 e. The van der Waals surface area contributed by atoms with Crippen molar-refractivity contribution in [1.29, 1.82) is 0 Å². The molecule has 0 radical (unpaired) electrons. The van der Waals surface area contributed by atoms with Gasteiger partial charge in [0.25, 0.3) is 10.1 Å². The molecule has 1 aliphatic rings. The van der Waals surface area contributed by atoms with Gasteiger partial charge in [-0.2, -0.15) is 8.42 Å². The number of hydrogen-bond donors (Lipinski definition) is 2. The maximum absolute atomic E-state index is 10.8. The third-order valence-electron chi connectivity index (χ3n) is 2.17. The second kappa shape index (κ2) is 2.91. The number of hydrogen-bond acceptors (Lipinski definition) is 4. The Hall–Kier alpha value is -0.170. The summed E-state index contributed by atoms with van der Waals surface area (Å²) < 4.78 is 35.7. The molecule has 1 fully saturated rings. The fourth-order valence-corrected chi connectivity index (χ4v) is 2.38. The summed E-state index contributed by atoms with van der Waals surface area (Å²) in [7, 11) is -4.42. The Labute approximate surface area is 77.5 Å². The zero-order valence-electron chi connectivity index (χ0n) is 7.65. The molecule has 1 heterocycles. The van der Waals surface area contributed by atoms with Crippen LogP contribution in [0.15, 0.2) is 0 Å². The molecule has 0 amide bonds. The van der Waals surface area contributed by atoms with E-state index in [1.807, 2.05) is 0 Å². The van der Waals surface area contributed by atoms with Crippen LogP contribution in [0.25, 0.3) is 0 Å². The van der Waals surface area contributed by atoms with Crippen molar-refractivity contribution in [2.45, 2.75) is 37.2 Å². The first-order valence-electron chi connectivity index (χ1n) is 4.00. The Morgan fingerprint density at radius 3 is 2.23 bits per heavy atom. The molecule has 5 nitrogen and oxygen atoms in total. The van der Waals surface area contributed by atoms with Crippen molar-refractivity contribution in [2.75, 3.05) is 6.61 Å². The SMILES string of the molecule is CC1(C)CC(O)(S(=O)(=O)O)CCO1. The van der Waals surface area contributed by atoms with Crippen molar-refractivity contribution in [3.8, 4) is 0 Å². The fourth-order valence-electron chi connectivity index (χ4n) is 1.51. The normalized spacial score (nSPS) is 34.5. The van der Waals surface area contributed by atoms with Gasteiger partial charge in [-0.15, -0.1) is 0 Å². The summed E-state index contributed by atoms with van der Waals surface area (Å²) in [4.78, 5) is -2.05. The summed E-state index contributed by atoms with van der Waals surface area (Å²) in [6.45, 7) is 3.47. The molecule has 6 heteroatoms. The molecule has 13 heavy (non-hydrogen) atoms. The van der Waals surface area contributed by atoms with Crippen LogP contribution in [-0.4, -0.2) is 35.2 Å². The van der Waals surface area contributed by atoms with Crippen LogP contribution < -0.4 is 0 Å². The van der Waals surface area contributed by atoms with Gasteiger partial charge in [0.1, 0.15) is 0 Å². The van der Waals surface area contributed by atoms with Crippen molar-refractivity contribution in [1.82, 2.24) is 0 Å². The molecule has 1 rings (SSSR count). The summed E-state index contributed by atoms with van der Waals surface area (Å²) in [6.07, 6.45) is -0.200. The smallest absolute Gasteiger partial charge is 0.295 e. The summed E-state index contributed by atoms with van der Waals surface area (Å²) in [6, 6.07) is 0. The predicted molar refractivity (Wildman–Crippen MR) is 45.8 cm³/mol. The van der Waals surface area contributed by atoms with Gasteiger partial charge in [-0.1, -0.05) is 0 Å². The molecule has 1 aliphatic heterocycles. The van der Waals surface area contributed by atoms with Crippen molar-refractivity contribution in [2.24, 2.45) is 0 Å². The highest BCUT2D eigenvalue weighted by atomic mass is 32.2. The summed E-state index contributed by atoms with van der Waals surface area (Å²) in [5.41, 5.74) is -0.719. The van der Waals surface area contributed by atoms with E-state index in [9.17, 15) is 13.5 Å². The van der Waals surface area contributed by atoms with Gasteiger partial charge in [0.2, 0.25) is 0 Å². The second-order valence-corrected chi connectivity index (χ2v) is 5.67. The van der Waals surface area contributed by atoms with Crippen molar-refractivity contribution in [3.05, 3.63) is 0 Å². The fraction of sp³-hybridized carbons (Fsp3) is 1.00. The Kier molecular flexibility index (Phi) is 2.44. The average Bonchev–Trinajstić information content (AvgIpc) is 1.80. The lowest BCUT2D eigenvalue weighted by Crippen LogP contribution is -2.50. The maximum Gasteiger partial charge on any atom is 0.295 e. The van der Waals surface area contributed by atoms with E-state index in [0.717, 1.165) is 0 Å². The number of rotatable bonds is 1. The molecule has 78 valence electrons. The Bertz CT molecular complexity index is 294. The third-order valence-corrected chi connectivity index (χ3v) is 3.48. The van der Waals surface area contributed by atoms with Crippen LogP contribution in [0.5, 0.6) is 0 Å². The monoisotopic (exact) mass is 210 g/mol. The molecule has 0 spiro atoms. The standard InChI is InChI=1S/C7H14O5S/c1-6(2)5-7(8,3-4-12-6)13(9,10)11/h8H,3-5H2,1-2H3,(H,9,10,11).